The number of carbonyl (C=O) groups excluding carboxylic acids is 1. The number of nitrogens with zero attached hydrogens (tertiary/aromatic N) is 1. The summed E-state index contributed by atoms with van der Waals surface area (Å²) in [6, 6.07) is 11.4. The van der Waals surface area contributed by atoms with Crippen molar-refractivity contribution >= 4 is 45.6 Å². The van der Waals surface area contributed by atoms with Gasteiger partial charge in [0.25, 0.3) is 0 Å². The Kier molecular flexibility index (Phi) is 5.86. The number of halogens is 2. The van der Waals surface area contributed by atoms with Crippen LogP contribution in [0.3, 0.4) is 0 Å². The number of amides is 1. The van der Waals surface area contributed by atoms with Crippen LogP contribution in [0, 0.1) is 5.82 Å². The second-order valence-corrected chi connectivity index (χ2v) is 7.23. The van der Waals surface area contributed by atoms with E-state index in [1.807, 2.05) is 30.3 Å². The van der Waals surface area contributed by atoms with Crippen LogP contribution < -0.4 is 10.6 Å². The lowest BCUT2D eigenvalue weighted by atomic mass is 9.99. The standard InChI is InChI=1S/C19H18FN3OS.ClH/c20-19-13-9-10-21-11-12(13)5-6-15(19)22-17(24)7-8-18-23-14-3-1-2-4-16(14)25-18;/h1-6,21H,7-11H2,(H,22,24);1H. The molecule has 0 aliphatic carbocycles. The van der Waals surface area contributed by atoms with E-state index in [9.17, 15) is 9.18 Å². The van der Waals surface area contributed by atoms with E-state index in [2.05, 4.69) is 15.6 Å². The lowest BCUT2D eigenvalue weighted by Gasteiger charge is -2.19. The highest BCUT2D eigenvalue weighted by molar-refractivity contribution is 7.18. The summed E-state index contributed by atoms with van der Waals surface area (Å²) in [6.45, 7) is 1.44. The molecule has 0 bridgehead atoms. The van der Waals surface area contributed by atoms with Gasteiger partial charge in [0.15, 0.2) is 0 Å². The van der Waals surface area contributed by atoms with Gasteiger partial charge in [0.05, 0.1) is 20.9 Å². The number of nitrogens with one attached hydrogen (secondary N) is 2. The largest absolute Gasteiger partial charge is 0.324 e. The van der Waals surface area contributed by atoms with E-state index in [1.165, 1.54) is 0 Å². The van der Waals surface area contributed by atoms with Gasteiger partial charge in [-0.2, -0.15) is 0 Å². The van der Waals surface area contributed by atoms with Crippen LogP contribution in [0.2, 0.25) is 0 Å². The number of rotatable bonds is 4. The SMILES string of the molecule is Cl.O=C(CCc1nc2ccccc2s1)Nc1ccc2c(c1F)CCNC2. The molecule has 1 aromatic heterocycles. The maximum Gasteiger partial charge on any atom is 0.224 e. The molecular weight excluding hydrogens is 373 g/mol. The van der Waals surface area contributed by atoms with Crippen molar-refractivity contribution in [3.63, 3.8) is 0 Å². The van der Waals surface area contributed by atoms with Crippen molar-refractivity contribution in [2.45, 2.75) is 25.8 Å². The Morgan fingerprint density at radius 1 is 1.27 bits per heavy atom. The number of fused-ring (bicyclic) bond motifs is 2. The Morgan fingerprint density at radius 3 is 2.96 bits per heavy atom. The highest BCUT2D eigenvalue weighted by Crippen LogP contribution is 2.25. The maximum absolute atomic E-state index is 14.6. The summed E-state index contributed by atoms with van der Waals surface area (Å²) in [7, 11) is 0. The Hall–Kier alpha value is -2.02. The van der Waals surface area contributed by atoms with Crippen molar-refractivity contribution in [1.29, 1.82) is 0 Å². The van der Waals surface area contributed by atoms with Crippen LogP contribution in [0.15, 0.2) is 36.4 Å². The number of para-hydroxylation sites is 1. The van der Waals surface area contributed by atoms with E-state index in [4.69, 9.17) is 0 Å². The number of hydrogen-bond donors (Lipinski definition) is 2. The Bertz CT molecular complexity index is 911. The molecule has 7 heteroatoms. The Balaban J connectivity index is 0.00000196. The van der Waals surface area contributed by atoms with Crippen LogP contribution in [0.5, 0.6) is 0 Å². The Morgan fingerprint density at radius 2 is 2.12 bits per heavy atom. The summed E-state index contributed by atoms with van der Waals surface area (Å²) >= 11 is 1.60. The van der Waals surface area contributed by atoms with Gasteiger partial charge in [-0.25, -0.2) is 9.37 Å². The molecule has 0 atom stereocenters. The number of anilines is 1. The fourth-order valence-corrected chi connectivity index (χ4v) is 4.06. The smallest absolute Gasteiger partial charge is 0.224 e. The van der Waals surface area contributed by atoms with Crippen LogP contribution in [-0.4, -0.2) is 17.4 Å². The predicted octanol–water partition coefficient (Wildman–Crippen LogP) is 4.07. The van der Waals surface area contributed by atoms with E-state index >= 15 is 0 Å². The number of aromatic nitrogens is 1. The molecule has 136 valence electrons. The first-order valence-corrected chi connectivity index (χ1v) is 9.17. The van der Waals surface area contributed by atoms with Crippen molar-refractivity contribution in [1.82, 2.24) is 10.3 Å². The van der Waals surface area contributed by atoms with Gasteiger partial charge in [0.2, 0.25) is 5.91 Å². The third-order valence-corrected chi connectivity index (χ3v) is 5.48. The summed E-state index contributed by atoms with van der Waals surface area (Å²) < 4.78 is 15.7. The molecule has 0 unspecified atom stereocenters. The van der Waals surface area contributed by atoms with Crippen molar-refractivity contribution in [3.05, 3.63) is 58.3 Å². The van der Waals surface area contributed by atoms with E-state index in [0.29, 0.717) is 24.9 Å². The molecule has 3 aromatic rings. The first kappa shape index (κ1) is 18.8. The molecule has 1 amide bonds. The quantitative estimate of drug-likeness (QED) is 0.704. The molecule has 0 saturated carbocycles. The lowest BCUT2D eigenvalue weighted by molar-refractivity contribution is -0.116. The van der Waals surface area contributed by atoms with Crippen molar-refractivity contribution in [2.75, 3.05) is 11.9 Å². The van der Waals surface area contributed by atoms with Crippen LogP contribution >= 0.6 is 23.7 Å². The molecular formula is C19H19ClFN3OS. The molecule has 0 fully saturated rings. The van der Waals surface area contributed by atoms with Crippen LogP contribution in [0.1, 0.15) is 22.6 Å². The van der Waals surface area contributed by atoms with Crippen LogP contribution in [-0.2, 0) is 24.2 Å². The lowest BCUT2D eigenvalue weighted by Crippen LogP contribution is -2.25. The number of benzene rings is 2. The number of carbonyl (C=O) groups is 1. The maximum atomic E-state index is 14.6. The number of thiazole rings is 1. The minimum atomic E-state index is -0.299. The average molecular weight is 392 g/mol. The summed E-state index contributed by atoms with van der Waals surface area (Å²) in [4.78, 5) is 16.7. The minimum Gasteiger partial charge on any atom is -0.324 e. The number of hydrogen-bond acceptors (Lipinski definition) is 4. The van der Waals surface area contributed by atoms with Crippen LogP contribution in [0.4, 0.5) is 10.1 Å². The van der Waals surface area contributed by atoms with E-state index in [0.717, 1.165) is 27.3 Å². The first-order chi connectivity index (χ1) is 12.2. The van der Waals surface area contributed by atoms with Gasteiger partial charge in [0, 0.05) is 19.4 Å². The molecule has 2 aromatic carbocycles. The van der Waals surface area contributed by atoms with Gasteiger partial charge < -0.3 is 10.6 Å². The molecule has 2 heterocycles. The molecule has 0 radical (unpaired) electrons. The Labute approximate surface area is 161 Å². The van der Waals surface area contributed by atoms with E-state index < -0.39 is 0 Å². The van der Waals surface area contributed by atoms with E-state index in [-0.39, 0.29) is 36.2 Å². The highest BCUT2D eigenvalue weighted by atomic mass is 35.5. The summed E-state index contributed by atoms with van der Waals surface area (Å²) in [5.74, 6) is -0.487. The molecule has 0 saturated heterocycles. The summed E-state index contributed by atoms with van der Waals surface area (Å²) in [6.07, 6.45) is 1.50. The zero-order chi connectivity index (χ0) is 17.2. The van der Waals surface area contributed by atoms with Gasteiger partial charge in [-0.1, -0.05) is 18.2 Å². The molecule has 2 N–H and O–H groups in total. The van der Waals surface area contributed by atoms with Crippen molar-refractivity contribution in [3.8, 4) is 0 Å². The fraction of sp³-hybridized carbons (Fsp3) is 0.263. The summed E-state index contributed by atoms with van der Waals surface area (Å²) in [5, 5.41) is 6.85. The molecule has 0 spiro atoms. The van der Waals surface area contributed by atoms with Gasteiger partial charge in [-0.15, -0.1) is 23.7 Å². The monoisotopic (exact) mass is 391 g/mol. The van der Waals surface area contributed by atoms with E-state index in [1.54, 1.807) is 17.4 Å². The molecule has 26 heavy (non-hydrogen) atoms. The third kappa shape index (κ3) is 3.87. The van der Waals surface area contributed by atoms with Gasteiger partial charge in [0.1, 0.15) is 5.82 Å². The fourth-order valence-electron chi connectivity index (χ4n) is 3.09. The summed E-state index contributed by atoms with van der Waals surface area (Å²) in [5.41, 5.74) is 2.91. The van der Waals surface area contributed by atoms with Crippen molar-refractivity contribution in [2.24, 2.45) is 0 Å². The van der Waals surface area contributed by atoms with Gasteiger partial charge in [-0.05, 0) is 42.3 Å². The third-order valence-electron chi connectivity index (χ3n) is 4.39. The highest BCUT2D eigenvalue weighted by Gasteiger charge is 2.17. The number of aryl methyl sites for hydroxylation is 1. The second kappa shape index (κ2) is 8.12. The average Bonchev–Trinajstić information content (AvgIpc) is 3.06. The zero-order valence-electron chi connectivity index (χ0n) is 14.0. The van der Waals surface area contributed by atoms with Crippen molar-refractivity contribution < 1.29 is 9.18 Å². The van der Waals surface area contributed by atoms with Gasteiger partial charge in [-0.3, -0.25) is 4.79 Å². The minimum absolute atomic E-state index is 0. The van der Waals surface area contributed by atoms with Gasteiger partial charge >= 0.3 is 0 Å². The predicted molar refractivity (Wildman–Crippen MR) is 106 cm³/mol. The topological polar surface area (TPSA) is 54.0 Å². The first-order valence-electron chi connectivity index (χ1n) is 8.36. The molecule has 1 aliphatic heterocycles. The van der Waals surface area contributed by atoms with Crippen LogP contribution in [0.25, 0.3) is 10.2 Å². The molecule has 1 aliphatic rings. The molecule has 4 rings (SSSR count). The second-order valence-electron chi connectivity index (χ2n) is 6.12. The normalized spacial score (nSPS) is 13.1. The molecule has 4 nitrogen and oxygen atoms in total. The zero-order valence-corrected chi connectivity index (χ0v) is 15.7.